The van der Waals surface area contributed by atoms with Gasteiger partial charge in [0.15, 0.2) is 5.82 Å². The van der Waals surface area contributed by atoms with E-state index in [1.165, 1.54) is 0 Å². The number of aromatic carboxylic acids is 1. The monoisotopic (exact) mass is 488 g/mol. The van der Waals surface area contributed by atoms with Gasteiger partial charge in [0.25, 0.3) is 0 Å². The molecule has 1 aromatic rings. The molecular weight excluding hydrogens is 475 g/mol. The van der Waals surface area contributed by atoms with Gasteiger partial charge in [-0.1, -0.05) is 13.3 Å². The molecule has 1 atom stereocenters. The van der Waals surface area contributed by atoms with Gasteiger partial charge < -0.3 is 9.29 Å². The Balaban J connectivity index is 2.72. The van der Waals surface area contributed by atoms with Crippen molar-refractivity contribution in [1.29, 1.82) is 0 Å². The molecule has 23 heavy (non-hydrogen) atoms. The molecule has 0 amide bonds. The van der Waals surface area contributed by atoms with Crippen LogP contribution < -0.4 is 9.75 Å². The maximum Gasteiger partial charge on any atom is 0.348 e. The zero-order valence-corrected chi connectivity index (χ0v) is 17.3. The molecule has 0 saturated heterocycles. The third-order valence-corrected chi connectivity index (χ3v) is 11.2. The van der Waals surface area contributed by atoms with Crippen molar-refractivity contribution in [2.45, 2.75) is 33.1 Å². The predicted molar refractivity (Wildman–Crippen MR) is 98.9 cm³/mol. The lowest BCUT2D eigenvalue weighted by atomic mass is 10.3. The molecule has 1 aromatic heterocycles. The molecular formula is C14H15Br2FO4S2. The first-order valence-electron chi connectivity index (χ1n) is 6.94. The third-order valence-electron chi connectivity index (χ3n) is 3.27. The summed E-state index contributed by atoms with van der Waals surface area (Å²) in [5.74, 6) is -2.14. The van der Waals surface area contributed by atoms with Crippen LogP contribution in [0, 0.1) is 5.82 Å². The SMILES string of the molecule is CCCCC(=O)S1(OCC)C(Br)=c2sc(C(=O)O)c(F)c2=C1Br. The predicted octanol–water partition coefficient (Wildman–Crippen LogP) is 3.99. The van der Waals surface area contributed by atoms with Crippen molar-refractivity contribution in [3.8, 4) is 0 Å². The molecule has 1 unspecified atom stereocenters. The van der Waals surface area contributed by atoms with Crippen LogP contribution in [0.5, 0.6) is 0 Å². The lowest BCUT2D eigenvalue weighted by Crippen LogP contribution is -2.20. The van der Waals surface area contributed by atoms with Gasteiger partial charge in [-0.05, 0) is 55.5 Å². The van der Waals surface area contributed by atoms with E-state index in [0.29, 0.717) is 25.2 Å². The Kier molecular flexibility index (Phi) is 6.10. The standard InChI is InChI=1S/C14H15Br2FO4S2/c1-3-5-6-7(18)23(21-4-2)12(15)8-9(17)11(14(19)20)22-10(8)13(23)16/h3-6H2,1-2H3,(H,19,20). The van der Waals surface area contributed by atoms with Crippen LogP contribution in [-0.4, -0.2) is 22.8 Å². The number of carbonyl (C=O) groups is 2. The quantitative estimate of drug-likeness (QED) is 0.656. The lowest BCUT2D eigenvalue weighted by Gasteiger charge is -2.34. The molecule has 4 nitrogen and oxygen atoms in total. The fraction of sp³-hybridized carbons (Fsp3) is 0.429. The highest BCUT2D eigenvalue weighted by atomic mass is 79.9. The smallest absolute Gasteiger partial charge is 0.348 e. The average molecular weight is 490 g/mol. The maximum atomic E-state index is 14.5. The Labute approximate surface area is 155 Å². The summed E-state index contributed by atoms with van der Waals surface area (Å²) >= 11 is 7.56. The van der Waals surface area contributed by atoms with E-state index in [9.17, 15) is 14.0 Å². The van der Waals surface area contributed by atoms with Gasteiger partial charge in [-0.25, -0.2) is 9.18 Å². The number of thiophene rings is 1. The molecule has 0 aromatic carbocycles. The minimum atomic E-state index is -2.50. The number of carbonyl (C=O) groups excluding carboxylic acids is 1. The number of hydrogen-bond donors (Lipinski definition) is 1. The van der Waals surface area contributed by atoms with Crippen molar-refractivity contribution in [2.24, 2.45) is 0 Å². The summed E-state index contributed by atoms with van der Waals surface area (Å²) < 4.78 is 21.5. The van der Waals surface area contributed by atoms with Gasteiger partial charge in [0.05, 0.1) is 24.0 Å². The Hall–Kier alpha value is -0.220. The van der Waals surface area contributed by atoms with Crippen LogP contribution in [-0.2, 0) is 8.98 Å². The minimum absolute atomic E-state index is 0.0976. The van der Waals surface area contributed by atoms with Crippen LogP contribution in [0.4, 0.5) is 4.39 Å². The van der Waals surface area contributed by atoms with Crippen molar-refractivity contribution >= 4 is 72.2 Å². The normalized spacial score (nSPS) is 22.8. The summed E-state index contributed by atoms with van der Waals surface area (Å²) in [6.45, 7) is 4.05. The number of fused-ring (bicyclic) bond motifs is 1. The zero-order valence-electron chi connectivity index (χ0n) is 12.5. The van der Waals surface area contributed by atoms with Crippen LogP contribution in [0.25, 0.3) is 7.63 Å². The van der Waals surface area contributed by atoms with E-state index in [-0.39, 0.29) is 15.2 Å². The average Bonchev–Trinajstić information content (AvgIpc) is 2.95. The van der Waals surface area contributed by atoms with Gasteiger partial charge in [0.1, 0.15) is 4.88 Å². The molecule has 1 N–H and O–H groups in total. The van der Waals surface area contributed by atoms with Gasteiger partial charge in [0.2, 0.25) is 5.12 Å². The minimum Gasteiger partial charge on any atom is -0.477 e. The van der Waals surface area contributed by atoms with E-state index < -0.39 is 22.1 Å². The van der Waals surface area contributed by atoms with Crippen LogP contribution >= 0.6 is 53.5 Å². The summed E-state index contributed by atoms with van der Waals surface area (Å²) in [5.41, 5.74) is 0. The van der Waals surface area contributed by atoms with E-state index in [0.717, 1.165) is 24.2 Å². The highest BCUT2D eigenvalue weighted by molar-refractivity contribution is 9.24. The zero-order chi connectivity index (χ0) is 17.4. The second-order valence-electron chi connectivity index (χ2n) is 4.74. The van der Waals surface area contributed by atoms with Gasteiger partial charge in [-0.15, -0.1) is 11.3 Å². The van der Waals surface area contributed by atoms with Gasteiger partial charge in [-0.2, -0.15) is 0 Å². The molecule has 0 bridgehead atoms. The molecule has 1 aliphatic heterocycles. The van der Waals surface area contributed by atoms with E-state index in [4.69, 9.17) is 9.29 Å². The first-order valence-corrected chi connectivity index (χ1v) is 10.9. The van der Waals surface area contributed by atoms with Gasteiger partial charge in [0, 0.05) is 6.42 Å². The van der Waals surface area contributed by atoms with E-state index in [2.05, 4.69) is 31.9 Å². The fourth-order valence-electron chi connectivity index (χ4n) is 2.23. The van der Waals surface area contributed by atoms with E-state index in [1.54, 1.807) is 6.92 Å². The fourth-order valence-corrected chi connectivity index (χ4v) is 10.4. The first-order chi connectivity index (χ1) is 10.8. The molecule has 0 spiro atoms. The molecule has 9 heteroatoms. The maximum absolute atomic E-state index is 14.5. The Morgan fingerprint density at radius 2 is 1.96 bits per heavy atom. The van der Waals surface area contributed by atoms with Gasteiger partial charge >= 0.3 is 5.97 Å². The molecule has 0 fully saturated rings. The Bertz CT molecular complexity index is 789. The highest BCUT2D eigenvalue weighted by Gasteiger charge is 2.45. The van der Waals surface area contributed by atoms with Crippen molar-refractivity contribution in [1.82, 2.24) is 0 Å². The number of carboxylic acids is 1. The number of hydrogen-bond acceptors (Lipinski definition) is 4. The summed E-state index contributed by atoms with van der Waals surface area (Å²) in [6.07, 6.45) is 1.91. The second kappa shape index (κ2) is 7.35. The van der Waals surface area contributed by atoms with E-state index >= 15 is 0 Å². The van der Waals surface area contributed by atoms with Crippen LogP contribution in [0.15, 0.2) is 0 Å². The van der Waals surface area contributed by atoms with Crippen LogP contribution in [0.1, 0.15) is 42.8 Å². The summed E-state index contributed by atoms with van der Waals surface area (Å²) in [4.78, 5) is 23.6. The van der Waals surface area contributed by atoms with Crippen LogP contribution in [0.2, 0.25) is 0 Å². The van der Waals surface area contributed by atoms with Gasteiger partial charge in [-0.3, -0.25) is 4.79 Å². The molecule has 0 saturated carbocycles. The highest BCUT2D eigenvalue weighted by Crippen LogP contribution is 2.70. The molecule has 0 radical (unpaired) electrons. The number of unbranched alkanes of at least 4 members (excludes halogenated alkanes) is 1. The summed E-state index contributed by atoms with van der Waals surface area (Å²) in [7, 11) is -2.50. The van der Waals surface area contributed by atoms with Crippen molar-refractivity contribution in [2.75, 3.05) is 6.61 Å². The Morgan fingerprint density at radius 3 is 2.43 bits per heavy atom. The van der Waals surface area contributed by atoms with Crippen LogP contribution in [0.3, 0.4) is 0 Å². The third kappa shape index (κ3) is 2.95. The number of halogens is 3. The Morgan fingerprint density at radius 1 is 1.30 bits per heavy atom. The van der Waals surface area contributed by atoms with E-state index in [1.807, 2.05) is 6.92 Å². The molecule has 2 rings (SSSR count). The second-order valence-corrected chi connectivity index (χ2v) is 11.0. The topological polar surface area (TPSA) is 63.6 Å². The number of rotatable bonds is 6. The molecule has 2 heterocycles. The molecule has 1 aliphatic rings. The lowest BCUT2D eigenvalue weighted by molar-refractivity contribution is -0.111. The molecule has 0 aliphatic carbocycles. The number of carboxylic acid groups (broad SMARTS) is 1. The molecule has 128 valence electrons. The van der Waals surface area contributed by atoms with Crippen molar-refractivity contribution in [3.63, 3.8) is 0 Å². The summed E-state index contributed by atoms with van der Waals surface area (Å²) in [6, 6.07) is 0. The largest absolute Gasteiger partial charge is 0.477 e. The van der Waals surface area contributed by atoms with Crippen molar-refractivity contribution < 1.29 is 23.3 Å². The van der Waals surface area contributed by atoms with Crippen molar-refractivity contribution in [3.05, 3.63) is 20.4 Å². The first kappa shape index (κ1) is 19.1. The summed E-state index contributed by atoms with van der Waals surface area (Å²) in [5, 5.41) is 9.12.